The molecule has 5 atom stereocenters. The second-order valence-electron chi connectivity index (χ2n) is 9.02. The molecule has 11 nitrogen and oxygen atoms in total. The van der Waals surface area contributed by atoms with Gasteiger partial charge in [-0.25, -0.2) is 9.78 Å². The van der Waals surface area contributed by atoms with Crippen LogP contribution in [0, 0.1) is 11.8 Å². The Bertz CT molecular complexity index is 1150. The first kappa shape index (κ1) is 28.4. The number of carbonyl (C=O) groups is 4. The minimum Gasteiger partial charge on any atom is -0.503 e. The van der Waals surface area contributed by atoms with Crippen LogP contribution in [0.2, 0.25) is 0 Å². The number of ether oxygens (including phenoxy) is 4. The number of esters is 3. The molecule has 0 aliphatic carbocycles. The number of hydrogen-bond donors (Lipinski definition) is 2. The monoisotopic (exact) mass is 528 g/mol. The average Bonchev–Trinajstić information content (AvgIpc) is 2.95. The zero-order valence-corrected chi connectivity index (χ0v) is 21.7. The molecule has 1 aliphatic heterocycles. The van der Waals surface area contributed by atoms with E-state index in [0.717, 1.165) is 5.56 Å². The largest absolute Gasteiger partial charge is 0.503 e. The summed E-state index contributed by atoms with van der Waals surface area (Å²) in [5, 5.41) is 12.6. The van der Waals surface area contributed by atoms with E-state index in [1.807, 2.05) is 37.3 Å². The topological polar surface area (TPSA) is 150 Å². The molecule has 1 aromatic heterocycles. The van der Waals surface area contributed by atoms with Gasteiger partial charge in [0.2, 0.25) is 0 Å². The average molecular weight is 529 g/mol. The Balaban J connectivity index is 1.88. The van der Waals surface area contributed by atoms with Crippen LogP contribution in [-0.2, 0) is 35.0 Å². The third-order valence-electron chi connectivity index (χ3n) is 6.33. The van der Waals surface area contributed by atoms with Crippen molar-refractivity contribution in [1.82, 2.24) is 10.3 Å². The molecular weight excluding hydrogens is 496 g/mol. The van der Waals surface area contributed by atoms with Crippen molar-refractivity contribution in [3.05, 3.63) is 53.9 Å². The number of aromatic hydroxyl groups is 1. The molecule has 2 aromatic rings. The van der Waals surface area contributed by atoms with Gasteiger partial charge in [0.05, 0.1) is 13.0 Å². The first-order chi connectivity index (χ1) is 18.2. The molecule has 1 fully saturated rings. The highest BCUT2D eigenvalue weighted by Crippen LogP contribution is 2.28. The number of pyridine rings is 1. The summed E-state index contributed by atoms with van der Waals surface area (Å²) in [6, 6.07) is 9.04. The number of cyclic esters (lactones) is 2. The lowest BCUT2D eigenvalue weighted by Crippen LogP contribution is -2.47. The van der Waals surface area contributed by atoms with Crippen LogP contribution < -0.4 is 10.1 Å². The van der Waals surface area contributed by atoms with Crippen LogP contribution in [-0.4, -0.2) is 65.9 Å². The van der Waals surface area contributed by atoms with E-state index in [0.29, 0.717) is 6.42 Å². The molecule has 1 saturated heterocycles. The first-order valence-electron chi connectivity index (χ1n) is 12.3. The van der Waals surface area contributed by atoms with Gasteiger partial charge in [0.1, 0.15) is 18.6 Å². The van der Waals surface area contributed by atoms with E-state index in [1.54, 1.807) is 6.92 Å². The molecule has 0 bridgehead atoms. The van der Waals surface area contributed by atoms with Crippen LogP contribution in [0.4, 0.5) is 0 Å². The maximum absolute atomic E-state index is 13.3. The second kappa shape index (κ2) is 12.9. The number of aromatic nitrogens is 1. The molecular formula is C27H32N2O9. The molecule has 0 unspecified atom stereocenters. The van der Waals surface area contributed by atoms with Gasteiger partial charge in [0.25, 0.3) is 5.91 Å². The van der Waals surface area contributed by atoms with Crippen molar-refractivity contribution in [2.24, 2.45) is 11.8 Å². The quantitative estimate of drug-likeness (QED) is 0.385. The molecule has 11 heteroatoms. The number of amides is 1. The SMILES string of the molecule is CC[C@H](C)C(=O)O[C@@H]1[C@H](C)OC(=O)[C@@H](NC(=O)c2nccc(OC)c2O)COC(=O)[C@@H]1Cc1ccccc1. The van der Waals surface area contributed by atoms with E-state index in [4.69, 9.17) is 18.9 Å². The molecule has 0 spiro atoms. The highest BCUT2D eigenvalue weighted by molar-refractivity contribution is 5.98. The molecule has 2 N–H and O–H groups in total. The summed E-state index contributed by atoms with van der Waals surface area (Å²) in [5.74, 6) is -5.00. The highest BCUT2D eigenvalue weighted by Gasteiger charge is 2.42. The van der Waals surface area contributed by atoms with Crippen molar-refractivity contribution in [2.45, 2.75) is 51.9 Å². The summed E-state index contributed by atoms with van der Waals surface area (Å²) >= 11 is 0. The van der Waals surface area contributed by atoms with Gasteiger partial charge in [-0.2, -0.15) is 0 Å². The van der Waals surface area contributed by atoms with Crippen molar-refractivity contribution < 1.29 is 43.2 Å². The number of rotatable bonds is 8. The zero-order valence-electron chi connectivity index (χ0n) is 21.7. The van der Waals surface area contributed by atoms with Crippen molar-refractivity contribution in [1.29, 1.82) is 0 Å². The van der Waals surface area contributed by atoms with E-state index < -0.39 is 72.0 Å². The Labute approximate surface area is 220 Å². The predicted octanol–water partition coefficient (Wildman–Crippen LogP) is 2.20. The van der Waals surface area contributed by atoms with Crippen LogP contribution in [0.5, 0.6) is 11.5 Å². The highest BCUT2D eigenvalue weighted by atomic mass is 16.6. The van der Waals surface area contributed by atoms with Crippen LogP contribution in [0.3, 0.4) is 0 Å². The molecule has 3 rings (SSSR count). The third-order valence-corrected chi connectivity index (χ3v) is 6.33. The molecule has 1 amide bonds. The van der Waals surface area contributed by atoms with Crippen molar-refractivity contribution in [3.8, 4) is 11.5 Å². The Kier molecular flexibility index (Phi) is 9.64. The minimum atomic E-state index is -1.41. The van der Waals surface area contributed by atoms with Gasteiger partial charge in [-0.05, 0) is 25.3 Å². The first-order valence-corrected chi connectivity index (χ1v) is 12.3. The second-order valence-corrected chi connectivity index (χ2v) is 9.02. The summed E-state index contributed by atoms with van der Waals surface area (Å²) in [4.78, 5) is 55.7. The molecule has 1 aromatic carbocycles. The number of nitrogens with one attached hydrogen (secondary N) is 1. The molecule has 38 heavy (non-hydrogen) atoms. The van der Waals surface area contributed by atoms with Crippen molar-refractivity contribution in [2.75, 3.05) is 13.7 Å². The Morgan fingerprint density at radius 3 is 2.55 bits per heavy atom. The van der Waals surface area contributed by atoms with Gasteiger partial charge in [0, 0.05) is 12.3 Å². The molecule has 1 aliphatic rings. The molecule has 0 radical (unpaired) electrons. The summed E-state index contributed by atoms with van der Waals surface area (Å²) < 4.78 is 21.7. The fourth-order valence-corrected chi connectivity index (χ4v) is 3.89. The summed E-state index contributed by atoms with van der Waals surface area (Å²) in [6.07, 6.45) is -0.239. The fraction of sp³-hybridized carbons (Fsp3) is 0.444. The number of methoxy groups -OCH3 is 1. The van der Waals surface area contributed by atoms with Gasteiger partial charge in [-0.15, -0.1) is 0 Å². The van der Waals surface area contributed by atoms with E-state index in [1.165, 1.54) is 26.3 Å². The van der Waals surface area contributed by atoms with Crippen LogP contribution >= 0.6 is 0 Å². The maximum Gasteiger partial charge on any atom is 0.332 e. The fourth-order valence-electron chi connectivity index (χ4n) is 3.89. The number of carbonyl (C=O) groups excluding carboxylic acids is 4. The zero-order chi connectivity index (χ0) is 27.8. The lowest BCUT2D eigenvalue weighted by molar-refractivity contribution is -0.176. The molecule has 2 heterocycles. The third kappa shape index (κ3) is 6.78. The minimum absolute atomic E-state index is 0.0111. The Morgan fingerprint density at radius 2 is 1.89 bits per heavy atom. The number of benzene rings is 1. The van der Waals surface area contributed by atoms with E-state index in [-0.39, 0.29) is 12.2 Å². The van der Waals surface area contributed by atoms with Gasteiger partial charge >= 0.3 is 17.9 Å². The lowest BCUT2D eigenvalue weighted by Gasteiger charge is -2.30. The van der Waals surface area contributed by atoms with Gasteiger partial charge < -0.3 is 29.4 Å². The van der Waals surface area contributed by atoms with Gasteiger partial charge in [-0.1, -0.05) is 44.2 Å². The summed E-state index contributed by atoms with van der Waals surface area (Å²) in [6.45, 7) is 4.50. The normalized spacial score (nSPS) is 22.5. The van der Waals surface area contributed by atoms with Crippen LogP contribution in [0.1, 0.15) is 43.2 Å². The van der Waals surface area contributed by atoms with E-state index in [9.17, 15) is 24.3 Å². The standard InChI is InChI=1S/C27H32N2O9/c1-5-15(2)25(32)38-23-16(3)37-27(34)19(29-24(31)21-22(30)20(35-4)11-12-28-21)14-36-26(33)18(23)13-17-9-7-6-8-10-17/h6-12,15-16,18-19,23,30H,5,13-14H2,1-4H3,(H,29,31)/t15-,16-,18+,19-,23+/m0/s1. The lowest BCUT2D eigenvalue weighted by atomic mass is 9.91. The smallest absolute Gasteiger partial charge is 0.332 e. The number of hydrogen-bond acceptors (Lipinski definition) is 10. The van der Waals surface area contributed by atoms with Gasteiger partial charge in [0.15, 0.2) is 29.3 Å². The van der Waals surface area contributed by atoms with Gasteiger partial charge in [-0.3, -0.25) is 14.4 Å². The summed E-state index contributed by atoms with van der Waals surface area (Å²) in [7, 11) is 1.31. The van der Waals surface area contributed by atoms with E-state index in [2.05, 4.69) is 10.3 Å². The van der Waals surface area contributed by atoms with Crippen molar-refractivity contribution >= 4 is 23.8 Å². The van der Waals surface area contributed by atoms with Crippen molar-refractivity contribution in [3.63, 3.8) is 0 Å². The van der Waals surface area contributed by atoms with Crippen LogP contribution in [0.25, 0.3) is 0 Å². The Hall–Kier alpha value is -4.15. The molecule has 0 saturated carbocycles. The van der Waals surface area contributed by atoms with Crippen LogP contribution in [0.15, 0.2) is 42.6 Å². The Morgan fingerprint density at radius 1 is 1.18 bits per heavy atom. The summed E-state index contributed by atoms with van der Waals surface area (Å²) in [5.41, 5.74) is 0.403. The predicted molar refractivity (Wildman–Crippen MR) is 133 cm³/mol. The number of nitrogens with zero attached hydrogens (tertiary/aromatic N) is 1. The maximum atomic E-state index is 13.3. The molecule has 204 valence electrons. The van der Waals surface area contributed by atoms with E-state index >= 15 is 0 Å².